The largest absolute Gasteiger partial charge is 0.471 e. The van der Waals surface area contributed by atoms with E-state index >= 15 is 0 Å². The molecular formula is C15H20F3N3O. The third-order valence-corrected chi connectivity index (χ3v) is 3.74. The Morgan fingerprint density at radius 3 is 2.59 bits per heavy atom. The zero-order chi connectivity index (χ0) is 16.3. The summed E-state index contributed by atoms with van der Waals surface area (Å²) in [6.45, 7) is 3.26. The molecular weight excluding hydrogens is 295 g/mol. The number of alkyl halides is 3. The average molecular weight is 315 g/mol. The highest BCUT2D eigenvalue weighted by Gasteiger charge is 2.44. The molecule has 0 bridgehead atoms. The second-order valence-corrected chi connectivity index (χ2v) is 5.40. The third kappa shape index (κ3) is 3.45. The van der Waals surface area contributed by atoms with Crippen LogP contribution in [0.1, 0.15) is 26.2 Å². The lowest BCUT2D eigenvalue weighted by atomic mass is 10.1. The van der Waals surface area contributed by atoms with Crippen LogP contribution >= 0.6 is 0 Å². The third-order valence-electron chi connectivity index (χ3n) is 3.74. The van der Waals surface area contributed by atoms with Crippen molar-refractivity contribution >= 4 is 23.0 Å². The average Bonchev–Trinajstić information content (AvgIpc) is 2.45. The zero-order valence-electron chi connectivity index (χ0n) is 12.5. The van der Waals surface area contributed by atoms with Crippen molar-refractivity contribution in [2.24, 2.45) is 0 Å². The number of halogens is 3. The summed E-state index contributed by atoms with van der Waals surface area (Å²) in [4.78, 5) is 14.4. The van der Waals surface area contributed by atoms with Gasteiger partial charge in [-0.05, 0) is 24.6 Å². The molecule has 0 aromatic heterocycles. The van der Waals surface area contributed by atoms with Gasteiger partial charge in [0.1, 0.15) is 0 Å². The van der Waals surface area contributed by atoms with Crippen LogP contribution in [0.15, 0.2) is 18.2 Å². The summed E-state index contributed by atoms with van der Waals surface area (Å²) >= 11 is 0. The predicted octanol–water partition coefficient (Wildman–Crippen LogP) is 3.17. The van der Waals surface area contributed by atoms with Crippen molar-refractivity contribution < 1.29 is 18.0 Å². The van der Waals surface area contributed by atoms with Gasteiger partial charge in [0.25, 0.3) is 0 Å². The van der Waals surface area contributed by atoms with E-state index in [-0.39, 0.29) is 12.2 Å². The van der Waals surface area contributed by atoms with Crippen LogP contribution in [0.2, 0.25) is 0 Å². The molecule has 4 nitrogen and oxygen atoms in total. The van der Waals surface area contributed by atoms with E-state index in [0.29, 0.717) is 17.9 Å². The number of carbonyl (C=O) groups excluding carboxylic acids is 1. The smallest absolute Gasteiger partial charge is 0.399 e. The first kappa shape index (κ1) is 16.5. The number of rotatable bonds is 4. The number of hydrogen-bond acceptors (Lipinski definition) is 3. The molecule has 2 rings (SSSR count). The van der Waals surface area contributed by atoms with Gasteiger partial charge in [-0.25, -0.2) is 0 Å². The van der Waals surface area contributed by atoms with E-state index in [4.69, 9.17) is 5.73 Å². The van der Waals surface area contributed by atoms with Gasteiger partial charge in [0.05, 0.1) is 11.4 Å². The highest BCUT2D eigenvalue weighted by Crippen LogP contribution is 2.37. The molecule has 0 fully saturated rings. The van der Waals surface area contributed by atoms with Gasteiger partial charge in [0.15, 0.2) is 0 Å². The maximum Gasteiger partial charge on any atom is 0.471 e. The number of amides is 1. The Balaban J connectivity index is 2.29. The van der Waals surface area contributed by atoms with Gasteiger partial charge in [0.2, 0.25) is 0 Å². The second kappa shape index (κ2) is 6.46. The molecule has 0 saturated heterocycles. The monoisotopic (exact) mass is 315 g/mol. The van der Waals surface area contributed by atoms with E-state index in [1.54, 1.807) is 12.1 Å². The lowest BCUT2D eigenvalue weighted by molar-refractivity contribution is -0.170. The number of anilines is 3. The summed E-state index contributed by atoms with van der Waals surface area (Å²) in [6, 6.07) is 4.77. The van der Waals surface area contributed by atoms with Crippen LogP contribution in [0.4, 0.5) is 30.2 Å². The van der Waals surface area contributed by atoms with Crippen LogP contribution in [0, 0.1) is 0 Å². The lowest BCUT2D eigenvalue weighted by Crippen LogP contribution is -2.49. The molecule has 1 aromatic rings. The Morgan fingerprint density at radius 2 is 1.95 bits per heavy atom. The molecule has 0 radical (unpaired) electrons. The molecule has 0 aliphatic carbocycles. The quantitative estimate of drug-likeness (QED) is 0.686. The Hall–Kier alpha value is -1.92. The molecule has 1 aliphatic heterocycles. The molecule has 1 aliphatic rings. The first-order valence-corrected chi connectivity index (χ1v) is 7.37. The standard InChI is InChI=1S/C15H20F3N3O/c1-2-3-4-7-20-8-9-21(14(22)15(16,17)18)13-10-11(19)5-6-12(13)20/h5-6,10H,2-4,7-9,19H2,1H3. The van der Waals surface area contributed by atoms with Crippen LogP contribution in [0.25, 0.3) is 0 Å². The van der Waals surface area contributed by atoms with Gasteiger partial charge < -0.3 is 15.5 Å². The Bertz CT molecular complexity index is 545. The number of nitrogens with zero attached hydrogens (tertiary/aromatic N) is 2. The maximum atomic E-state index is 12.7. The molecule has 0 spiro atoms. The van der Waals surface area contributed by atoms with E-state index in [1.165, 1.54) is 6.07 Å². The first-order valence-electron chi connectivity index (χ1n) is 7.37. The predicted molar refractivity (Wildman–Crippen MR) is 81.0 cm³/mol. The summed E-state index contributed by atoms with van der Waals surface area (Å²) in [5.74, 6) is -1.84. The number of benzene rings is 1. The molecule has 1 amide bonds. The van der Waals surface area contributed by atoms with Crippen molar-refractivity contribution in [2.75, 3.05) is 35.2 Å². The van der Waals surface area contributed by atoms with Gasteiger partial charge in [-0.15, -0.1) is 0 Å². The molecule has 22 heavy (non-hydrogen) atoms. The van der Waals surface area contributed by atoms with Crippen LogP contribution < -0.4 is 15.5 Å². The van der Waals surface area contributed by atoms with Crippen molar-refractivity contribution in [3.8, 4) is 0 Å². The number of nitrogens with two attached hydrogens (primary N) is 1. The number of nitrogen functional groups attached to an aromatic ring is 1. The summed E-state index contributed by atoms with van der Waals surface area (Å²) in [7, 11) is 0. The molecule has 1 heterocycles. The maximum absolute atomic E-state index is 12.7. The summed E-state index contributed by atoms with van der Waals surface area (Å²) in [5.41, 5.74) is 6.90. The Labute approximate surface area is 127 Å². The fraction of sp³-hybridized carbons (Fsp3) is 0.533. The fourth-order valence-electron chi connectivity index (χ4n) is 2.63. The SMILES string of the molecule is CCCCCN1CCN(C(=O)C(F)(F)F)c2cc(N)ccc21. The minimum atomic E-state index is -4.88. The molecule has 0 atom stereocenters. The van der Waals surface area contributed by atoms with Crippen molar-refractivity contribution in [1.82, 2.24) is 0 Å². The highest BCUT2D eigenvalue weighted by molar-refractivity contribution is 6.01. The van der Waals surface area contributed by atoms with Crippen molar-refractivity contribution in [2.45, 2.75) is 32.4 Å². The number of carbonyl (C=O) groups is 1. The minimum Gasteiger partial charge on any atom is -0.399 e. The topological polar surface area (TPSA) is 49.6 Å². The van der Waals surface area contributed by atoms with Crippen LogP contribution in [-0.2, 0) is 4.79 Å². The van der Waals surface area contributed by atoms with Crippen molar-refractivity contribution in [3.05, 3.63) is 18.2 Å². The van der Waals surface area contributed by atoms with Gasteiger partial charge in [-0.3, -0.25) is 4.79 Å². The lowest BCUT2D eigenvalue weighted by Gasteiger charge is -2.38. The molecule has 2 N–H and O–H groups in total. The zero-order valence-corrected chi connectivity index (χ0v) is 12.5. The molecule has 1 aromatic carbocycles. The van der Waals surface area contributed by atoms with E-state index in [2.05, 4.69) is 6.92 Å². The number of fused-ring (bicyclic) bond motifs is 1. The van der Waals surface area contributed by atoms with Crippen LogP contribution in [-0.4, -0.2) is 31.7 Å². The van der Waals surface area contributed by atoms with Gasteiger partial charge in [-0.1, -0.05) is 19.8 Å². The summed E-state index contributed by atoms with van der Waals surface area (Å²) < 4.78 is 38.2. The van der Waals surface area contributed by atoms with Gasteiger partial charge in [-0.2, -0.15) is 13.2 Å². The molecule has 0 saturated carbocycles. The van der Waals surface area contributed by atoms with Crippen LogP contribution in [0.5, 0.6) is 0 Å². The number of unbranched alkanes of at least 4 members (excludes halogenated alkanes) is 2. The van der Waals surface area contributed by atoms with Gasteiger partial charge in [0, 0.05) is 25.3 Å². The van der Waals surface area contributed by atoms with Crippen molar-refractivity contribution in [3.63, 3.8) is 0 Å². The van der Waals surface area contributed by atoms with E-state index in [0.717, 1.165) is 30.7 Å². The van der Waals surface area contributed by atoms with Crippen LogP contribution in [0.3, 0.4) is 0 Å². The van der Waals surface area contributed by atoms with E-state index < -0.39 is 12.1 Å². The highest BCUT2D eigenvalue weighted by atomic mass is 19.4. The normalized spacial score (nSPS) is 14.9. The minimum absolute atomic E-state index is 0.0148. The van der Waals surface area contributed by atoms with Gasteiger partial charge >= 0.3 is 12.1 Å². The Morgan fingerprint density at radius 1 is 1.23 bits per heavy atom. The Kier molecular flexibility index (Phi) is 4.83. The first-order chi connectivity index (χ1) is 10.3. The fourth-order valence-corrected chi connectivity index (χ4v) is 2.63. The molecule has 7 heteroatoms. The summed E-state index contributed by atoms with van der Waals surface area (Å²) in [5, 5.41) is 0. The molecule has 122 valence electrons. The van der Waals surface area contributed by atoms with E-state index in [1.807, 2.05) is 4.90 Å². The van der Waals surface area contributed by atoms with E-state index in [9.17, 15) is 18.0 Å². The second-order valence-electron chi connectivity index (χ2n) is 5.40. The summed E-state index contributed by atoms with van der Waals surface area (Å²) in [6.07, 6.45) is -1.78. The molecule has 0 unspecified atom stereocenters. The van der Waals surface area contributed by atoms with Crippen molar-refractivity contribution in [1.29, 1.82) is 0 Å². The number of hydrogen-bond donors (Lipinski definition) is 1.